The number of piperazine rings is 1. The molecule has 0 unspecified atom stereocenters. The first-order chi connectivity index (χ1) is 9.31. The van der Waals surface area contributed by atoms with Crippen LogP contribution in [0.3, 0.4) is 0 Å². The van der Waals surface area contributed by atoms with E-state index in [1.165, 1.54) is 0 Å². The second-order valence-electron chi connectivity index (χ2n) is 4.57. The molecule has 8 heteroatoms. The third kappa shape index (κ3) is 2.20. The lowest BCUT2D eigenvalue weighted by atomic mass is 10.3. The number of anilines is 2. The van der Waals surface area contributed by atoms with Crippen molar-refractivity contribution in [3.8, 4) is 0 Å². The molecule has 4 N–H and O–H groups in total. The Balaban J connectivity index is 1.93. The SMILES string of the molecule is CCN1CCN(c2nc(NN)nc3[nH]ncc23)CC1. The fraction of sp³-hybridized carbons (Fsp3) is 0.545. The maximum Gasteiger partial charge on any atom is 0.241 e. The minimum absolute atomic E-state index is 0.407. The zero-order valence-corrected chi connectivity index (χ0v) is 10.9. The van der Waals surface area contributed by atoms with E-state index >= 15 is 0 Å². The van der Waals surface area contributed by atoms with E-state index in [1.807, 2.05) is 0 Å². The number of nitrogen functional groups attached to an aromatic ring is 1. The second kappa shape index (κ2) is 4.98. The van der Waals surface area contributed by atoms with E-state index in [-0.39, 0.29) is 0 Å². The first-order valence-electron chi connectivity index (χ1n) is 6.47. The van der Waals surface area contributed by atoms with Crippen LogP contribution in [0.15, 0.2) is 6.20 Å². The van der Waals surface area contributed by atoms with Gasteiger partial charge in [-0.15, -0.1) is 0 Å². The number of fused-ring (bicyclic) bond motifs is 1. The van der Waals surface area contributed by atoms with Crippen LogP contribution in [0.4, 0.5) is 11.8 Å². The van der Waals surface area contributed by atoms with Crippen LogP contribution in [0.25, 0.3) is 11.0 Å². The smallest absolute Gasteiger partial charge is 0.241 e. The highest BCUT2D eigenvalue weighted by Gasteiger charge is 2.20. The van der Waals surface area contributed by atoms with Gasteiger partial charge < -0.3 is 9.80 Å². The highest BCUT2D eigenvalue weighted by Crippen LogP contribution is 2.24. The van der Waals surface area contributed by atoms with Crippen molar-refractivity contribution < 1.29 is 0 Å². The van der Waals surface area contributed by atoms with Crippen LogP contribution < -0.4 is 16.2 Å². The number of rotatable bonds is 3. The second-order valence-corrected chi connectivity index (χ2v) is 4.57. The molecular weight excluding hydrogens is 244 g/mol. The molecule has 1 fully saturated rings. The van der Waals surface area contributed by atoms with Crippen molar-refractivity contribution in [2.75, 3.05) is 43.0 Å². The molecule has 0 saturated carbocycles. The van der Waals surface area contributed by atoms with Crippen molar-refractivity contribution in [3.05, 3.63) is 6.20 Å². The Morgan fingerprint density at radius 2 is 2.11 bits per heavy atom. The van der Waals surface area contributed by atoms with Gasteiger partial charge >= 0.3 is 0 Å². The van der Waals surface area contributed by atoms with Crippen LogP contribution in [-0.4, -0.2) is 57.8 Å². The molecule has 2 aromatic rings. The van der Waals surface area contributed by atoms with Crippen molar-refractivity contribution in [3.63, 3.8) is 0 Å². The van der Waals surface area contributed by atoms with E-state index in [2.05, 4.69) is 42.3 Å². The van der Waals surface area contributed by atoms with Crippen molar-refractivity contribution in [2.45, 2.75) is 6.92 Å². The number of nitrogens with one attached hydrogen (secondary N) is 2. The molecule has 0 aromatic carbocycles. The average Bonchev–Trinajstić information content (AvgIpc) is 2.94. The molecule has 8 nitrogen and oxygen atoms in total. The van der Waals surface area contributed by atoms with Gasteiger partial charge in [-0.05, 0) is 6.54 Å². The van der Waals surface area contributed by atoms with E-state index in [1.54, 1.807) is 6.20 Å². The average molecular weight is 262 g/mol. The number of nitrogens with zero attached hydrogens (tertiary/aromatic N) is 5. The summed E-state index contributed by atoms with van der Waals surface area (Å²) in [6.07, 6.45) is 1.76. The Morgan fingerprint density at radius 1 is 1.32 bits per heavy atom. The Hall–Kier alpha value is -1.93. The first kappa shape index (κ1) is 12.1. The van der Waals surface area contributed by atoms with E-state index in [9.17, 15) is 0 Å². The lowest BCUT2D eigenvalue weighted by Crippen LogP contribution is -2.46. The molecule has 102 valence electrons. The molecule has 0 atom stereocenters. The Labute approximate surface area is 111 Å². The highest BCUT2D eigenvalue weighted by atomic mass is 15.3. The number of nitrogens with two attached hydrogens (primary N) is 1. The summed E-state index contributed by atoms with van der Waals surface area (Å²) in [6, 6.07) is 0. The van der Waals surface area contributed by atoms with Gasteiger partial charge in [0.05, 0.1) is 11.6 Å². The molecule has 2 aromatic heterocycles. The fourth-order valence-corrected chi connectivity index (χ4v) is 2.40. The maximum absolute atomic E-state index is 5.42. The zero-order valence-electron chi connectivity index (χ0n) is 10.9. The van der Waals surface area contributed by atoms with Gasteiger partial charge in [-0.3, -0.25) is 10.5 Å². The summed E-state index contributed by atoms with van der Waals surface area (Å²) in [5.41, 5.74) is 3.21. The quantitative estimate of drug-likeness (QED) is 0.519. The number of hydrazine groups is 1. The summed E-state index contributed by atoms with van der Waals surface area (Å²) in [7, 11) is 0. The fourth-order valence-electron chi connectivity index (χ4n) is 2.40. The number of likely N-dealkylation sites (N-methyl/N-ethyl adjacent to an activating group) is 1. The van der Waals surface area contributed by atoms with Crippen LogP contribution in [0.2, 0.25) is 0 Å². The number of hydrogen-bond acceptors (Lipinski definition) is 7. The Morgan fingerprint density at radius 3 is 2.79 bits per heavy atom. The van der Waals surface area contributed by atoms with Gasteiger partial charge in [0.2, 0.25) is 5.95 Å². The van der Waals surface area contributed by atoms with Crippen molar-refractivity contribution in [2.24, 2.45) is 5.84 Å². The van der Waals surface area contributed by atoms with Gasteiger partial charge in [0.1, 0.15) is 5.82 Å². The molecule has 1 saturated heterocycles. The van der Waals surface area contributed by atoms with Crippen LogP contribution in [0.1, 0.15) is 6.92 Å². The normalized spacial score (nSPS) is 17.1. The van der Waals surface area contributed by atoms with E-state index in [4.69, 9.17) is 5.84 Å². The Bertz CT molecular complexity index is 557. The van der Waals surface area contributed by atoms with Crippen molar-refractivity contribution in [1.29, 1.82) is 0 Å². The maximum atomic E-state index is 5.42. The van der Waals surface area contributed by atoms with Crippen molar-refractivity contribution >= 4 is 22.8 Å². The van der Waals surface area contributed by atoms with E-state index in [0.29, 0.717) is 11.6 Å². The number of H-pyrrole nitrogens is 1. The summed E-state index contributed by atoms with van der Waals surface area (Å²) in [4.78, 5) is 13.4. The van der Waals surface area contributed by atoms with Crippen molar-refractivity contribution in [1.82, 2.24) is 25.1 Å². The highest BCUT2D eigenvalue weighted by molar-refractivity contribution is 5.87. The van der Waals surface area contributed by atoms with Gasteiger partial charge in [0, 0.05) is 26.2 Å². The molecule has 0 bridgehead atoms. The number of hydrogen-bond donors (Lipinski definition) is 3. The third-order valence-corrected chi connectivity index (χ3v) is 3.54. The van der Waals surface area contributed by atoms with Gasteiger partial charge in [0.25, 0.3) is 0 Å². The topological polar surface area (TPSA) is 99.0 Å². The monoisotopic (exact) mass is 262 g/mol. The predicted octanol–water partition coefficient (Wildman–Crippen LogP) is -0.220. The summed E-state index contributed by atoms with van der Waals surface area (Å²) >= 11 is 0. The molecule has 0 radical (unpaired) electrons. The lowest BCUT2D eigenvalue weighted by Gasteiger charge is -2.34. The van der Waals surface area contributed by atoms with E-state index < -0.39 is 0 Å². The molecule has 1 aliphatic rings. The molecule has 19 heavy (non-hydrogen) atoms. The Kier molecular flexibility index (Phi) is 3.18. The molecule has 0 spiro atoms. The molecular formula is C11H18N8. The zero-order chi connectivity index (χ0) is 13.2. The summed E-state index contributed by atoms with van der Waals surface area (Å²) < 4.78 is 0. The van der Waals surface area contributed by atoms with Gasteiger partial charge in [-0.1, -0.05) is 6.92 Å². The number of aromatic amines is 1. The standard InChI is InChI=1S/C11H18N8/c1-2-18-3-5-19(6-4-18)10-8-7-13-17-9(8)14-11(15-10)16-12/h7H,2-6,12H2,1H3,(H2,13,14,15,16,17). The third-order valence-electron chi connectivity index (χ3n) is 3.54. The summed E-state index contributed by atoms with van der Waals surface area (Å²) in [5.74, 6) is 6.71. The van der Waals surface area contributed by atoms with Gasteiger partial charge in [0.15, 0.2) is 5.65 Å². The minimum Gasteiger partial charge on any atom is -0.353 e. The predicted molar refractivity (Wildman–Crippen MR) is 73.8 cm³/mol. The molecule has 1 aliphatic heterocycles. The molecule has 0 aliphatic carbocycles. The van der Waals surface area contributed by atoms with Crippen LogP contribution >= 0.6 is 0 Å². The lowest BCUT2D eigenvalue weighted by molar-refractivity contribution is 0.271. The summed E-state index contributed by atoms with van der Waals surface area (Å²) in [6.45, 7) is 7.28. The van der Waals surface area contributed by atoms with Crippen LogP contribution in [0.5, 0.6) is 0 Å². The minimum atomic E-state index is 0.407. The molecule has 0 amide bonds. The van der Waals surface area contributed by atoms with E-state index in [0.717, 1.165) is 43.9 Å². The molecule has 3 heterocycles. The van der Waals surface area contributed by atoms with Crippen LogP contribution in [-0.2, 0) is 0 Å². The summed E-state index contributed by atoms with van der Waals surface area (Å²) in [5, 5.41) is 7.82. The van der Waals surface area contributed by atoms with Crippen LogP contribution in [0, 0.1) is 0 Å². The first-order valence-corrected chi connectivity index (χ1v) is 6.47. The van der Waals surface area contributed by atoms with Gasteiger partial charge in [-0.25, -0.2) is 5.84 Å². The molecule has 3 rings (SSSR count). The van der Waals surface area contributed by atoms with Gasteiger partial charge in [-0.2, -0.15) is 15.1 Å². The largest absolute Gasteiger partial charge is 0.353 e. The number of aromatic nitrogens is 4.